The third kappa shape index (κ3) is 6.98. The molecule has 1 saturated carbocycles. The maximum Gasteiger partial charge on any atom is 0.340 e. The molecule has 0 bridgehead atoms. The predicted octanol–water partition coefficient (Wildman–Crippen LogP) is 4.70. The molecule has 0 atom stereocenters. The molecule has 0 aromatic heterocycles. The number of nitrogens with zero attached hydrogens (tertiary/aromatic N) is 1. The first kappa shape index (κ1) is 26.6. The van der Waals surface area contributed by atoms with E-state index in [2.05, 4.69) is 10.0 Å². The molecule has 1 aliphatic rings. The number of sulfonamides is 1. The van der Waals surface area contributed by atoms with Crippen LogP contribution in [0.3, 0.4) is 0 Å². The fourth-order valence-corrected chi connectivity index (χ4v) is 5.75. The molecule has 184 valence electrons. The van der Waals surface area contributed by atoms with Gasteiger partial charge in [0.2, 0.25) is 0 Å². The summed E-state index contributed by atoms with van der Waals surface area (Å²) in [5.74, 6) is 0.106. The van der Waals surface area contributed by atoms with Crippen molar-refractivity contribution in [2.45, 2.75) is 49.5 Å². The van der Waals surface area contributed by atoms with Crippen LogP contribution in [0.25, 0.3) is 0 Å². The van der Waals surface area contributed by atoms with Gasteiger partial charge < -0.3 is 10.1 Å². The fraction of sp³-hybridized carbons (Fsp3) is 0.391. The van der Waals surface area contributed by atoms with Crippen LogP contribution in [0.15, 0.2) is 47.4 Å². The number of carbonyl (C=O) groups is 2. The summed E-state index contributed by atoms with van der Waals surface area (Å²) in [4.78, 5) is 24.9. The van der Waals surface area contributed by atoms with Crippen molar-refractivity contribution in [3.05, 3.63) is 58.6 Å². The molecule has 0 heterocycles. The van der Waals surface area contributed by atoms with Crippen LogP contribution in [0.1, 0.15) is 48.0 Å². The second-order valence-corrected chi connectivity index (χ2v) is 11.2. The fourth-order valence-electron chi connectivity index (χ4n) is 3.80. The normalized spacial score (nSPS) is 14.3. The lowest BCUT2D eigenvalue weighted by atomic mass is 9.96. The summed E-state index contributed by atoms with van der Waals surface area (Å²) >= 11 is 7.86. The van der Waals surface area contributed by atoms with E-state index < -0.39 is 16.1 Å². The van der Waals surface area contributed by atoms with E-state index in [1.807, 2.05) is 22.9 Å². The molecule has 8 nitrogen and oxygen atoms in total. The minimum atomic E-state index is -3.98. The van der Waals surface area contributed by atoms with Gasteiger partial charge in [-0.05, 0) is 55.2 Å². The second-order valence-electron chi connectivity index (χ2n) is 8.01. The second kappa shape index (κ2) is 12.1. The number of benzene rings is 2. The van der Waals surface area contributed by atoms with Gasteiger partial charge in [0, 0.05) is 17.6 Å². The van der Waals surface area contributed by atoms with Crippen molar-refractivity contribution >= 4 is 56.4 Å². The lowest BCUT2D eigenvalue weighted by molar-refractivity contribution is 0.0951. The Balaban J connectivity index is 1.54. The zero-order chi connectivity index (χ0) is 24.7. The van der Waals surface area contributed by atoms with Crippen LogP contribution in [-0.4, -0.2) is 43.2 Å². The number of ether oxygens (including phenoxy) is 1. The van der Waals surface area contributed by atoms with Crippen LogP contribution in [0.5, 0.6) is 5.75 Å². The van der Waals surface area contributed by atoms with Gasteiger partial charge in [-0.25, -0.2) is 17.9 Å². The van der Waals surface area contributed by atoms with E-state index in [1.54, 1.807) is 24.3 Å². The number of hydrogen-bond acceptors (Lipinski definition) is 5. The Morgan fingerprint density at radius 2 is 1.79 bits per heavy atom. The van der Waals surface area contributed by atoms with Gasteiger partial charge in [-0.3, -0.25) is 7.91 Å². The number of nitrogens with one attached hydrogen (secondary N) is 2. The molecule has 0 aliphatic heterocycles. The van der Waals surface area contributed by atoms with Crippen molar-refractivity contribution in [2.75, 3.05) is 13.7 Å². The highest BCUT2D eigenvalue weighted by molar-refractivity contribution is 14.1. The highest BCUT2D eigenvalue weighted by Crippen LogP contribution is 2.25. The average Bonchev–Trinajstić information content (AvgIpc) is 2.84. The minimum Gasteiger partial charge on any atom is -0.496 e. The van der Waals surface area contributed by atoms with Crippen molar-refractivity contribution in [3.8, 4) is 5.75 Å². The first-order valence-electron chi connectivity index (χ1n) is 10.9. The summed E-state index contributed by atoms with van der Waals surface area (Å²) in [6.07, 6.45) is 5.48. The molecule has 0 spiro atoms. The van der Waals surface area contributed by atoms with Gasteiger partial charge in [0.1, 0.15) is 5.75 Å². The van der Waals surface area contributed by atoms with E-state index in [0.29, 0.717) is 29.3 Å². The summed E-state index contributed by atoms with van der Waals surface area (Å²) in [6, 6.07) is 10.4. The first-order chi connectivity index (χ1) is 16.2. The molecule has 2 aromatic rings. The first-order valence-corrected chi connectivity index (χ1v) is 13.8. The van der Waals surface area contributed by atoms with Gasteiger partial charge in [0.05, 0.1) is 40.4 Å². The molecule has 2 aromatic carbocycles. The summed E-state index contributed by atoms with van der Waals surface area (Å²) in [5, 5.41) is 3.23. The average molecular weight is 620 g/mol. The van der Waals surface area contributed by atoms with Crippen LogP contribution in [0.2, 0.25) is 5.02 Å². The van der Waals surface area contributed by atoms with E-state index >= 15 is 0 Å². The number of urea groups is 1. The van der Waals surface area contributed by atoms with Crippen LogP contribution in [-0.2, 0) is 16.4 Å². The van der Waals surface area contributed by atoms with Crippen molar-refractivity contribution in [1.29, 1.82) is 0 Å². The monoisotopic (exact) mass is 619 g/mol. The lowest BCUT2D eigenvalue weighted by Gasteiger charge is -2.29. The predicted molar refractivity (Wildman–Crippen MR) is 139 cm³/mol. The number of halogens is 2. The highest BCUT2D eigenvalue weighted by Gasteiger charge is 2.27. The van der Waals surface area contributed by atoms with Crippen LogP contribution >= 0.6 is 34.5 Å². The Bertz CT molecular complexity index is 1120. The maximum absolute atomic E-state index is 12.6. The Kier molecular flexibility index (Phi) is 9.43. The Labute approximate surface area is 218 Å². The molecule has 1 fully saturated rings. The topological polar surface area (TPSA) is 105 Å². The number of rotatable bonds is 8. The van der Waals surface area contributed by atoms with Gasteiger partial charge >= 0.3 is 6.03 Å². The van der Waals surface area contributed by atoms with Crippen molar-refractivity contribution in [1.82, 2.24) is 13.2 Å². The van der Waals surface area contributed by atoms with Crippen molar-refractivity contribution in [3.63, 3.8) is 0 Å². The zero-order valence-electron chi connectivity index (χ0n) is 18.7. The van der Waals surface area contributed by atoms with Crippen molar-refractivity contribution < 1.29 is 22.7 Å². The van der Waals surface area contributed by atoms with E-state index in [-0.39, 0.29) is 16.8 Å². The van der Waals surface area contributed by atoms with E-state index in [0.717, 1.165) is 37.7 Å². The van der Waals surface area contributed by atoms with Crippen LogP contribution in [0.4, 0.5) is 4.79 Å². The number of amides is 3. The molecule has 11 heteroatoms. The third-order valence-corrected chi connectivity index (χ3v) is 8.45. The zero-order valence-corrected chi connectivity index (χ0v) is 22.5. The largest absolute Gasteiger partial charge is 0.496 e. The third-order valence-electron chi connectivity index (χ3n) is 5.65. The standard InChI is InChI=1S/C23H27ClIN3O5S/c1-33-21-12-9-17(24)15-20(21)22(29)26-14-13-16-7-10-19(11-8-16)34(31,32)27-23(30)28(25)18-5-3-2-4-6-18/h7-12,15,18H,2-6,13-14H2,1H3,(H,26,29)(H,27,30). The SMILES string of the molecule is COc1ccc(Cl)cc1C(=O)NCCc1ccc(S(=O)(=O)NC(=O)N(I)C2CCCCC2)cc1. The summed E-state index contributed by atoms with van der Waals surface area (Å²) in [7, 11) is -2.51. The molecule has 1 aliphatic carbocycles. The van der Waals surface area contributed by atoms with Gasteiger partial charge in [0.15, 0.2) is 0 Å². The highest BCUT2D eigenvalue weighted by atomic mass is 127. The Hall–Kier alpha value is -2.05. The Morgan fingerprint density at radius 1 is 1.12 bits per heavy atom. The summed E-state index contributed by atoms with van der Waals surface area (Å²) in [6.45, 7) is 0.336. The summed E-state index contributed by atoms with van der Waals surface area (Å²) < 4.78 is 34.1. The van der Waals surface area contributed by atoms with E-state index in [1.165, 1.54) is 28.4 Å². The Morgan fingerprint density at radius 3 is 2.44 bits per heavy atom. The number of carbonyl (C=O) groups excluding carboxylic acids is 2. The number of hydrogen-bond donors (Lipinski definition) is 2. The molecule has 2 N–H and O–H groups in total. The molecule has 0 radical (unpaired) electrons. The minimum absolute atomic E-state index is 0.00532. The molecular formula is C23H27ClIN3O5S. The molecule has 34 heavy (non-hydrogen) atoms. The van der Waals surface area contributed by atoms with Crippen LogP contribution < -0.4 is 14.8 Å². The van der Waals surface area contributed by atoms with E-state index in [4.69, 9.17) is 16.3 Å². The molecule has 3 amide bonds. The molecule has 0 saturated heterocycles. The quantitative estimate of drug-likeness (QED) is 0.329. The summed E-state index contributed by atoms with van der Waals surface area (Å²) in [5.41, 5.74) is 1.17. The molecule has 3 rings (SSSR count). The molecular weight excluding hydrogens is 593 g/mol. The smallest absolute Gasteiger partial charge is 0.340 e. The van der Waals surface area contributed by atoms with Gasteiger partial charge in [-0.15, -0.1) is 0 Å². The van der Waals surface area contributed by atoms with Crippen LogP contribution in [0, 0.1) is 0 Å². The van der Waals surface area contributed by atoms with Gasteiger partial charge in [-0.1, -0.05) is 43.0 Å². The lowest BCUT2D eigenvalue weighted by Crippen LogP contribution is -2.43. The van der Waals surface area contributed by atoms with Gasteiger partial charge in [-0.2, -0.15) is 0 Å². The van der Waals surface area contributed by atoms with E-state index in [9.17, 15) is 18.0 Å². The van der Waals surface area contributed by atoms with Crippen molar-refractivity contribution in [2.24, 2.45) is 0 Å². The molecule has 0 unspecified atom stereocenters. The maximum atomic E-state index is 12.6. The van der Waals surface area contributed by atoms with Gasteiger partial charge in [0.25, 0.3) is 15.9 Å². The number of methoxy groups -OCH3 is 1.